The zero-order valence-electron chi connectivity index (χ0n) is 17.4. The first-order chi connectivity index (χ1) is 15.0. The zero-order valence-corrected chi connectivity index (χ0v) is 18.1. The van der Waals surface area contributed by atoms with Gasteiger partial charge in [0.05, 0.1) is 0 Å². The lowest BCUT2D eigenvalue weighted by molar-refractivity contribution is -0.127. The SMILES string of the molecule is Cc1c(Cl)cccc1C(=O)Nc1cccc2c(=O)n(CCCN3CCCC3=O)ccc12. The summed E-state index contributed by atoms with van der Waals surface area (Å²) in [5.41, 5.74) is 1.67. The normalized spacial score (nSPS) is 13.7. The quantitative estimate of drug-likeness (QED) is 0.627. The molecule has 0 aliphatic carbocycles. The number of fused-ring (bicyclic) bond motifs is 1. The Morgan fingerprint density at radius 2 is 1.87 bits per heavy atom. The fourth-order valence-corrected chi connectivity index (χ4v) is 4.19. The van der Waals surface area contributed by atoms with Crippen LogP contribution in [0, 0.1) is 6.92 Å². The number of halogens is 1. The van der Waals surface area contributed by atoms with Gasteiger partial charge in [-0.15, -0.1) is 0 Å². The maximum atomic E-state index is 13.0. The minimum Gasteiger partial charge on any atom is -0.343 e. The molecule has 31 heavy (non-hydrogen) atoms. The molecule has 1 fully saturated rings. The second-order valence-corrected chi connectivity index (χ2v) is 8.19. The number of aryl methyl sites for hydroxylation is 1. The minimum absolute atomic E-state index is 0.111. The van der Waals surface area contributed by atoms with Crippen molar-refractivity contribution in [1.82, 2.24) is 9.47 Å². The van der Waals surface area contributed by atoms with Crippen molar-refractivity contribution in [1.29, 1.82) is 0 Å². The van der Waals surface area contributed by atoms with Crippen molar-refractivity contribution in [3.8, 4) is 0 Å². The van der Waals surface area contributed by atoms with Crippen LogP contribution in [0.2, 0.25) is 5.02 Å². The van der Waals surface area contributed by atoms with Crippen LogP contribution < -0.4 is 10.9 Å². The summed E-state index contributed by atoms with van der Waals surface area (Å²) in [5.74, 6) is -0.0758. The molecule has 3 aromatic rings. The number of aromatic nitrogens is 1. The number of carbonyl (C=O) groups is 2. The highest BCUT2D eigenvalue weighted by Crippen LogP contribution is 2.24. The number of anilines is 1. The summed E-state index contributed by atoms with van der Waals surface area (Å²) in [7, 11) is 0. The van der Waals surface area contributed by atoms with E-state index in [9.17, 15) is 14.4 Å². The molecule has 0 saturated carbocycles. The lowest BCUT2D eigenvalue weighted by Gasteiger charge is -2.16. The Morgan fingerprint density at radius 3 is 2.65 bits per heavy atom. The third-order valence-corrected chi connectivity index (χ3v) is 6.19. The predicted molar refractivity (Wildman–Crippen MR) is 123 cm³/mol. The molecule has 0 bridgehead atoms. The summed E-state index contributed by atoms with van der Waals surface area (Å²) in [6.07, 6.45) is 4.01. The van der Waals surface area contributed by atoms with Gasteiger partial charge in [0, 0.05) is 59.3 Å². The molecule has 1 saturated heterocycles. The van der Waals surface area contributed by atoms with Crippen LogP contribution >= 0.6 is 11.6 Å². The van der Waals surface area contributed by atoms with Gasteiger partial charge in [0.25, 0.3) is 11.5 Å². The van der Waals surface area contributed by atoms with Gasteiger partial charge < -0.3 is 14.8 Å². The average Bonchev–Trinajstić information content (AvgIpc) is 3.16. The van der Waals surface area contributed by atoms with Gasteiger partial charge in [-0.2, -0.15) is 0 Å². The van der Waals surface area contributed by atoms with Gasteiger partial charge in [-0.3, -0.25) is 14.4 Å². The van der Waals surface area contributed by atoms with Crippen molar-refractivity contribution in [2.45, 2.75) is 32.7 Å². The highest BCUT2D eigenvalue weighted by atomic mass is 35.5. The van der Waals surface area contributed by atoms with Crippen molar-refractivity contribution in [2.24, 2.45) is 0 Å². The number of nitrogens with zero attached hydrogens (tertiary/aromatic N) is 2. The standard InChI is InChI=1S/C24H24ClN3O3/c1-16-17(6-2-8-20(16)25)23(30)26-21-9-3-7-19-18(21)11-15-28(24(19)31)14-5-13-27-12-4-10-22(27)29/h2-3,6-9,11,15H,4-5,10,12-14H2,1H3,(H,26,30). The van der Waals surface area contributed by atoms with E-state index in [1.807, 2.05) is 11.0 Å². The number of hydrogen-bond acceptors (Lipinski definition) is 3. The first-order valence-corrected chi connectivity index (χ1v) is 10.8. The number of pyridine rings is 1. The highest BCUT2D eigenvalue weighted by Gasteiger charge is 2.19. The number of nitrogens with one attached hydrogen (secondary N) is 1. The van der Waals surface area contributed by atoms with Gasteiger partial charge in [0.2, 0.25) is 5.91 Å². The maximum Gasteiger partial charge on any atom is 0.258 e. The van der Waals surface area contributed by atoms with Crippen LogP contribution in [-0.2, 0) is 11.3 Å². The average molecular weight is 438 g/mol. The van der Waals surface area contributed by atoms with Crippen LogP contribution in [0.5, 0.6) is 0 Å². The number of hydrogen-bond donors (Lipinski definition) is 1. The molecule has 160 valence electrons. The molecule has 2 aromatic carbocycles. The summed E-state index contributed by atoms with van der Waals surface area (Å²) in [6, 6.07) is 12.4. The second-order valence-electron chi connectivity index (χ2n) is 7.79. The molecule has 0 radical (unpaired) electrons. The summed E-state index contributed by atoms with van der Waals surface area (Å²) in [4.78, 5) is 39.4. The van der Waals surface area contributed by atoms with Gasteiger partial charge in [-0.25, -0.2) is 0 Å². The van der Waals surface area contributed by atoms with E-state index < -0.39 is 0 Å². The number of benzene rings is 2. The predicted octanol–water partition coefficient (Wildman–Crippen LogP) is 4.23. The highest BCUT2D eigenvalue weighted by molar-refractivity contribution is 6.32. The summed E-state index contributed by atoms with van der Waals surface area (Å²) in [6.45, 7) is 3.81. The number of carbonyl (C=O) groups excluding carboxylic acids is 2. The zero-order chi connectivity index (χ0) is 22.0. The van der Waals surface area contributed by atoms with Gasteiger partial charge in [-0.1, -0.05) is 23.7 Å². The molecule has 0 unspecified atom stereocenters. The molecule has 1 aliphatic heterocycles. The second kappa shape index (κ2) is 8.94. The fraction of sp³-hybridized carbons (Fsp3) is 0.292. The van der Waals surface area contributed by atoms with Gasteiger partial charge >= 0.3 is 0 Å². The number of likely N-dealkylation sites (tertiary alicyclic amines) is 1. The third-order valence-electron chi connectivity index (χ3n) is 5.78. The van der Waals surface area contributed by atoms with Gasteiger partial charge in [0.1, 0.15) is 0 Å². The molecule has 4 rings (SSSR count). The van der Waals surface area contributed by atoms with E-state index in [2.05, 4.69) is 5.32 Å². The smallest absolute Gasteiger partial charge is 0.258 e. The molecule has 1 aliphatic rings. The van der Waals surface area contributed by atoms with E-state index in [4.69, 9.17) is 11.6 Å². The molecule has 0 spiro atoms. The van der Waals surface area contributed by atoms with Crippen LogP contribution in [0.15, 0.2) is 53.5 Å². The van der Waals surface area contributed by atoms with Crippen LogP contribution in [0.1, 0.15) is 35.2 Å². The third kappa shape index (κ3) is 4.35. The lowest BCUT2D eigenvalue weighted by atomic mass is 10.1. The van der Waals surface area contributed by atoms with Crippen molar-refractivity contribution >= 4 is 39.9 Å². The van der Waals surface area contributed by atoms with Crippen molar-refractivity contribution in [3.63, 3.8) is 0 Å². The molecular weight excluding hydrogens is 414 g/mol. The first kappa shape index (κ1) is 21.1. The van der Waals surface area contributed by atoms with Crippen molar-refractivity contribution < 1.29 is 9.59 Å². The van der Waals surface area contributed by atoms with E-state index in [-0.39, 0.29) is 17.4 Å². The molecule has 7 heteroatoms. The fourth-order valence-electron chi connectivity index (χ4n) is 4.02. The van der Waals surface area contributed by atoms with E-state index in [0.717, 1.165) is 19.4 Å². The molecule has 2 heterocycles. The topological polar surface area (TPSA) is 71.4 Å². The van der Waals surface area contributed by atoms with Gasteiger partial charge in [0.15, 0.2) is 0 Å². The molecule has 1 N–H and O–H groups in total. The molecule has 0 atom stereocenters. The molecule has 6 nitrogen and oxygen atoms in total. The molecule has 2 amide bonds. The van der Waals surface area contributed by atoms with Crippen molar-refractivity contribution in [2.75, 3.05) is 18.4 Å². The van der Waals surface area contributed by atoms with E-state index in [0.29, 0.717) is 52.1 Å². The van der Waals surface area contributed by atoms with Crippen LogP contribution in [0.4, 0.5) is 5.69 Å². The summed E-state index contributed by atoms with van der Waals surface area (Å²) >= 11 is 6.14. The summed E-state index contributed by atoms with van der Waals surface area (Å²) < 4.78 is 1.66. The van der Waals surface area contributed by atoms with Gasteiger partial charge in [-0.05, 0) is 55.7 Å². The molecule has 1 aromatic heterocycles. The summed E-state index contributed by atoms with van der Waals surface area (Å²) in [5, 5.41) is 4.67. The largest absolute Gasteiger partial charge is 0.343 e. The first-order valence-electron chi connectivity index (χ1n) is 10.4. The van der Waals surface area contributed by atoms with E-state index in [1.165, 1.54) is 0 Å². The Kier molecular flexibility index (Phi) is 6.09. The van der Waals surface area contributed by atoms with Crippen LogP contribution in [0.3, 0.4) is 0 Å². The molecular formula is C24H24ClN3O3. The van der Waals surface area contributed by atoms with Crippen LogP contribution in [0.25, 0.3) is 10.8 Å². The Labute approximate surface area is 185 Å². The Hall–Kier alpha value is -3.12. The Bertz CT molecular complexity index is 1220. The lowest BCUT2D eigenvalue weighted by Crippen LogP contribution is -2.28. The Morgan fingerprint density at radius 1 is 1.06 bits per heavy atom. The van der Waals surface area contributed by atoms with Crippen molar-refractivity contribution in [3.05, 3.63) is 75.2 Å². The Balaban J connectivity index is 1.54. The van der Waals surface area contributed by atoms with E-state index >= 15 is 0 Å². The van der Waals surface area contributed by atoms with E-state index in [1.54, 1.807) is 54.1 Å². The minimum atomic E-state index is -0.271. The maximum absolute atomic E-state index is 13.0. The number of rotatable bonds is 6. The van der Waals surface area contributed by atoms with Crippen LogP contribution in [-0.4, -0.2) is 34.4 Å². The monoisotopic (exact) mass is 437 g/mol. The number of amides is 2.